The van der Waals surface area contributed by atoms with E-state index in [9.17, 15) is 4.79 Å². The Labute approximate surface area is 140 Å². The van der Waals surface area contributed by atoms with Gasteiger partial charge in [-0.25, -0.2) is 9.50 Å². The van der Waals surface area contributed by atoms with Gasteiger partial charge in [0.15, 0.2) is 0 Å². The molecule has 0 N–H and O–H groups in total. The standard InChI is InChI=1S/C18H19N5O/c1-12-10-13(2)23-18(19-12)20-16(21-23)17(24)22(15-8-9-15)11-14-6-4-3-5-7-14/h3-7,10,15H,8-9,11H2,1-2H3. The highest BCUT2D eigenvalue weighted by Crippen LogP contribution is 2.29. The van der Waals surface area contributed by atoms with E-state index in [1.165, 1.54) is 0 Å². The molecule has 0 aliphatic heterocycles. The van der Waals surface area contributed by atoms with Gasteiger partial charge in [0.1, 0.15) is 0 Å². The van der Waals surface area contributed by atoms with Crippen LogP contribution in [0.5, 0.6) is 0 Å². The van der Waals surface area contributed by atoms with Crippen molar-refractivity contribution in [3.63, 3.8) is 0 Å². The molecule has 1 fully saturated rings. The molecule has 2 heterocycles. The van der Waals surface area contributed by atoms with Gasteiger partial charge >= 0.3 is 0 Å². The number of aromatic nitrogens is 4. The summed E-state index contributed by atoms with van der Waals surface area (Å²) in [7, 11) is 0. The fourth-order valence-corrected chi connectivity index (χ4v) is 2.92. The van der Waals surface area contributed by atoms with E-state index in [-0.39, 0.29) is 11.7 Å². The maximum Gasteiger partial charge on any atom is 0.294 e. The third kappa shape index (κ3) is 2.75. The number of amides is 1. The van der Waals surface area contributed by atoms with Gasteiger partial charge in [0.05, 0.1) is 0 Å². The lowest BCUT2D eigenvalue weighted by Gasteiger charge is -2.20. The summed E-state index contributed by atoms with van der Waals surface area (Å²) in [5.74, 6) is 0.578. The van der Waals surface area contributed by atoms with Crippen molar-refractivity contribution in [2.75, 3.05) is 0 Å². The number of fused-ring (bicyclic) bond motifs is 1. The first-order valence-electron chi connectivity index (χ1n) is 8.18. The number of carbonyl (C=O) groups excluding carboxylic acids is 1. The molecule has 0 spiro atoms. The number of hydrogen-bond donors (Lipinski definition) is 0. The maximum absolute atomic E-state index is 13.0. The fraction of sp³-hybridized carbons (Fsp3) is 0.333. The van der Waals surface area contributed by atoms with Crippen LogP contribution in [-0.4, -0.2) is 36.4 Å². The van der Waals surface area contributed by atoms with Gasteiger partial charge < -0.3 is 4.90 Å². The summed E-state index contributed by atoms with van der Waals surface area (Å²) in [4.78, 5) is 23.6. The third-order valence-corrected chi connectivity index (χ3v) is 4.25. The van der Waals surface area contributed by atoms with E-state index >= 15 is 0 Å². The smallest absolute Gasteiger partial charge is 0.294 e. The van der Waals surface area contributed by atoms with Crippen LogP contribution in [0, 0.1) is 13.8 Å². The molecular weight excluding hydrogens is 302 g/mol. The summed E-state index contributed by atoms with van der Waals surface area (Å²) >= 11 is 0. The molecule has 1 aliphatic rings. The van der Waals surface area contributed by atoms with Crippen molar-refractivity contribution < 1.29 is 4.79 Å². The summed E-state index contributed by atoms with van der Waals surface area (Å²) in [6.45, 7) is 4.44. The number of benzene rings is 1. The fourth-order valence-electron chi connectivity index (χ4n) is 2.92. The highest BCUT2D eigenvalue weighted by Gasteiger charge is 2.34. The van der Waals surface area contributed by atoms with Gasteiger partial charge in [-0.2, -0.15) is 4.98 Å². The molecule has 6 heteroatoms. The summed E-state index contributed by atoms with van der Waals surface area (Å²) in [6.07, 6.45) is 2.09. The molecule has 1 aliphatic carbocycles. The Kier molecular flexibility index (Phi) is 3.52. The Morgan fingerprint density at radius 1 is 1.21 bits per heavy atom. The van der Waals surface area contributed by atoms with Crippen molar-refractivity contribution >= 4 is 11.7 Å². The minimum absolute atomic E-state index is 0.121. The quantitative estimate of drug-likeness (QED) is 0.741. The van der Waals surface area contributed by atoms with E-state index in [2.05, 4.69) is 15.1 Å². The highest BCUT2D eigenvalue weighted by molar-refractivity contribution is 5.91. The zero-order chi connectivity index (χ0) is 16.7. The molecule has 0 unspecified atom stereocenters. The number of hydrogen-bond acceptors (Lipinski definition) is 4. The van der Waals surface area contributed by atoms with Crippen LogP contribution in [0.25, 0.3) is 5.78 Å². The molecule has 0 radical (unpaired) electrons. The van der Waals surface area contributed by atoms with Crippen LogP contribution in [0.15, 0.2) is 36.4 Å². The molecule has 2 aromatic heterocycles. The average Bonchev–Trinajstić information content (AvgIpc) is 3.32. The zero-order valence-electron chi connectivity index (χ0n) is 13.8. The number of rotatable bonds is 4. The lowest BCUT2D eigenvalue weighted by Crippen LogP contribution is -2.33. The second-order valence-corrected chi connectivity index (χ2v) is 6.34. The van der Waals surface area contributed by atoms with Crippen molar-refractivity contribution in [3.8, 4) is 0 Å². The van der Waals surface area contributed by atoms with Crippen LogP contribution in [-0.2, 0) is 6.54 Å². The maximum atomic E-state index is 13.0. The van der Waals surface area contributed by atoms with E-state index in [0.29, 0.717) is 18.4 Å². The first-order chi connectivity index (χ1) is 11.6. The molecule has 6 nitrogen and oxygen atoms in total. The van der Waals surface area contributed by atoms with Crippen LogP contribution in [0.4, 0.5) is 0 Å². The van der Waals surface area contributed by atoms with Gasteiger partial charge in [0.2, 0.25) is 5.82 Å². The summed E-state index contributed by atoms with van der Waals surface area (Å²) in [5, 5.41) is 4.38. The van der Waals surface area contributed by atoms with Gasteiger partial charge in [-0.1, -0.05) is 30.3 Å². The van der Waals surface area contributed by atoms with Gasteiger partial charge in [-0.05, 0) is 38.3 Å². The third-order valence-electron chi connectivity index (χ3n) is 4.25. The molecule has 0 saturated heterocycles. The topological polar surface area (TPSA) is 63.4 Å². The van der Waals surface area contributed by atoms with Gasteiger partial charge in [0.25, 0.3) is 11.7 Å². The Balaban J connectivity index is 1.66. The molecule has 1 aromatic carbocycles. The van der Waals surface area contributed by atoms with Crippen LogP contribution in [0.1, 0.15) is 40.4 Å². The van der Waals surface area contributed by atoms with Crippen molar-refractivity contribution in [3.05, 3.63) is 59.2 Å². The molecule has 122 valence electrons. The second kappa shape index (κ2) is 5.70. The van der Waals surface area contributed by atoms with Crippen LogP contribution >= 0.6 is 0 Å². The van der Waals surface area contributed by atoms with E-state index in [0.717, 1.165) is 29.8 Å². The Morgan fingerprint density at radius 3 is 2.67 bits per heavy atom. The first kappa shape index (κ1) is 14.8. The van der Waals surface area contributed by atoms with Crippen molar-refractivity contribution in [1.82, 2.24) is 24.5 Å². The van der Waals surface area contributed by atoms with Gasteiger partial charge in [-0.3, -0.25) is 4.79 Å². The van der Waals surface area contributed by atoms with E-state index < -0.39 is 0 Å². The zero-order valence-corrected chi connectivity index (χ0v) is 13.8. The normalized spacial score (nSPS) is 14.1. The molecule has 0 bridgehead atoms. The average molecular weight is 321 g/mol. The molecule has 1 amide bonds. The SMILES string of the molecule is Cc1cc(C)n2nc(C(=O)N(Cc3ccccc3)C3CC3)nc2n1. The lowest BCUT2D eigenvalue weighted by atomic mass is 10.2. The van der Waals surface area contributed by atoms with E-state index in [1.54, 1.807) is 4.52 Å². The minimum atomic E-state index is -0.121. The Bertz CT molecular complexity index is 898. The highest BCUT2D eigenvalue weighted by atomic mass is 16.2. The minimum Gasteiger partial charge on any atom is -0.329 e. The van der Waals surface area contributed by atoms with E-state index in [4.69, 9.17) is 0 Å². The molecule has 1 saturated carbocycles. The van der Waals surface area contributed by atoms with Crippen LogP contribution in [0.3, 0.4) is 0 Å². The molecule has 24 heavy (non-hydrogen) atoms. The largest absolute Gasteiger partial charge is 0.329 e. The Hall–Kier alpha value is -2.76. The molecule has 0 atom stereocenters. The number of nitrogens with zero attached hydrogens (tertiary/aromatic N) is 5. The molecular formula is C18H19N5O. The summed E-state index contributed by atoms with van der Waals surface area (Å²) in [5.41, 5.74) is 2.91. The van der Waals surface area contributed by atoms with Crippen LogP contribution in [0.2, 0.25) is 0 Å². The Morgan fingerprint density at radius 2 is 1.96 bits per heavy atom. The number of carbonyl (C=O) groups is 1. The first-order valence-corrected chi connectivity index (χ1v) is 8.18. The van der Waals surface area contributed by atoms with Gasteiger partial charge in [-0.15, -0.1) is 5.10 Å². The molecule has 4 rings (SSSR count). The predicted molar refractivity (Wildman–Crippen MR) is 89.6 cm³/mol. The van der Waals surface area contributed by atoms with Gasteiger partial charge in [0, 0.05) is 24.0 Å². The van der Waals surface area contributed by atoms with Crippen molar-refractivity contribution in [2.45, 2.75) is 39.3 Å². The monoisotopic (exact) mass is 321 g/mol. The van der Waals surface area contributed by atoms with Crippen molar-refractivity contribution in [1.29, 1.82) is 0 Å². The van der Waals surface area contributed by atoms with Crippen LogP contribution < -0.4 is 0 Å². The van der Waals surface area contributed by atoms with Crippen molar-refractivity contribution in [2.24, 2.45) is 0 Å². The van der Waals surface area contributed by atoms with E-state index in [1.807, 2.05) is 55.1 Å². The second-order valence-electron chi connectivity index (χ2n) is 6.34. The number of aryl methyl sites for hydroxylation is 2. The lowest BCUT2D eigenvalue weighted by molar-refractivity contribution is 0.0717. The predicted octanol–water partition coefficient (Wildman–Crippen LogP) is 2.55. The summed E-state index contributed by atoms with van der Waals surface area (Å²) < 4.78 is 1.63. The molecule has 3 aromatic rings. The summed E-state index contributed by atoms with van der Waals surface area (Å²) in [6, 6.07) is 12.3.